The van der Waals surface area contributed by atoms with Gasteiger partial charge in [-0.25, -0.2) is 4.98 Å². The topological polar surface area (TPSA) is 65.8 Å². The van der Waals surface area contributed by atoms with E-state index in [0.29, 0.717) is 17.0 Å². The highest BCUT2D eigenvalue weighted by Crippen LogP contribution is 2.29. The number of benzene rings is 2. The molecule has 3 aromatic rings. The van der Waals surface area contributed by atoms with Crippen LogP contribution in [0, 0.1) is 11.3 Å². The Morgan fingerprint density at radius 3 is 2.73 bits per heavy atom. The molecule has 0 saturated carbocycles. The minimum absolute atomic E-state index is 0.0889. The number of carbonyl (C=O) groups is 1. The van der Waals surface area contributed by atoms with Crippen LogP contribution in [-0.4, -0.2) is 16.6 Å². The van der Waals surface area contributed by atoms with E-state index in [9.17, 15) is 4.79 Å². The SMILES string of the molecule is N#Cc1ccc(NC(=O)CSc2nc3ccccc3s2)cc1. The molecule has 0 atom stereocenters. The molecule has 6 heteroatoms. The van der Waals surface area contributed by atoms with Crippen LogP contribution in [-0.2, 0) is 4.79 Å². The van der Waals surface area contributed by atoms with Gasteiger partial charge in [-0.1, -0.05) is 23.9 Å². The zero-order valence-corrected chi connectivity index (χ0v) is 13.1. The molecule has 0 spiro atoms. The number of nitrogens with one attached hydrogen (secondary N) is 1. The predicted molar refractivity (Wildman–Crippen MR) is 90.1 cm³/mol. The largest absolute Gasteiger partial charge is 0.325 e. The Kier molecular flexibility index (Phi) is 4.37. The number of anilines is 1. The van der Waals surface area contributed by atoms with Gasteiger partial charge in [0.05, 0.1) is 27.6 Å². The molecule has 0 fully saturated rings. The average Bonchev–Trinajstić information content (AvgIpc) is 2.96. The van der Waals surface area contributed by atoms with Crippen LogP contribution < -0.4 is 5.32 Å². The van der Waals surface area contributed by atoms with Gasteiger partial charge >= 0.3 is 0 Å². The molecule has 22 heavy (non-hydrogen) atoms. The molecule has 0 radical (unpaired) electrons. The van der Waals surface area contributed by atoms with Crippen molar-refractivity contribution in [3.05, 3.63) is 54.1 Å². The van der Waals surface area contributed by atoms with Crippen molar-refractivity contribution in [2.75, 3.05) is 11.1 Å². The van der Waals surface area contributed by atoms with Gasteiger partial charge in [0.15, 0.2) is 4.34 Å². The zero-order chi connectivity index (χ0) is 15.4. The van der Waals surface area contributed by atoms with Crippen molar-refractivity contribution in [3.8, 4) is 6.07 Å². The quantitative estimate of drug-likeness (QED) is 0.739. The number of hydrogen-bond donors (Lipinski definition) is 1. The lowest BCUT2D eigenvalue weighted by Crippen LogP contribution is -2.13. The molecule has 2 aromatic carbocycles. The zero-order valence-electron chi connectivity index (χ0n) is 11.4. The minimum Gasteiger partial charge on any atom is -0.325 e. The highest BCUT2D eigenvalue weighted by molar-refractivity contribution is 8.01. The summed E-state index contributed by atoms with van der Waals surface area (Å²) >= 11 is 3.01. The molecular formula is C16H11N3OS2. The summed E-state index contributed by atoms with van der Waals surface area (Å²) in [4.78, 5) is 16.4. The molecule has 0 aliphatic rings. The molecule has 0 bridgehead atoms. The number of nitriles is 1. The van der Waals surface area contributed by atoms with E-state index in [1.165, 1.54) is 11.8 Å². The number of thiazole rings is 1. The standard InChI is InChI=1S/C16H11N3OS2/c17-9-11-5-7-12(8-6-11)18-15(20)10-21-16-19-13-3-1-2-4-14(13)22-16/h1-8H,10H2,(H,18,20). The van der Waals surface area contributed by atoms with Crippen molar-refractivity contribution in [2.24, 2.45) is 0 Å². The lowest BCUT2D eigenvalue weighted by molar-refractivity contribution is -0.113. The monoisotopic (exact) mass is 325 g/mol. The first-order chi connectivity index (χ1) is 10.7. The van der Waals surface area contributed by atoms with Gasteiger partial charge < -0.3 is 5.32 Å². The average molecular weight is 325 g/mol. The highest BCUT2D eigenvalue weighted by Gasteiger charge is 2.08. The summed E-state index contributed by atoms with van der Waals surface area (Å²) in [6, 6.07) is 16.8. The predicted octanol–water partition coefficient (Wildman–Crippen LogP) is 3.90. The summed E-state index contributed by atoms with van der Waals surface area (Å²) in [5.41, 5.74) is 2.22. The van der Waals surface area contributed by atoms with Crippen LogP contribution in [0.1, 0.15) is 5.56 Å². The first-order valence-corrected chi connectivity index (χ1v) is 8.33. The Balaban J connectivity index is 1.58. The third-order valence-electron chi connectivity index (χ3n) is 2.90. The molecule has 1 N–H and O–H groups in total. The second-order valence-electron chi connectivity index (χ2n) is 4.47. The maximum Gasteiger partial charge on any atom is 0.234 e. The van der Waals surface area contributed by atoms with Crippen LogP contribution in [0.4, 0.5) is 5.69 Å². The maximum absolute atomic E-state index is 11.9. The van der Waals surface area contributed by atoms with Crippen LogP contribution in [0.2, 0.25) is 0 Å². The van der Waals surface area contributed by atoms with E-state index in [0.717, 1.165) is 14.6 Å². The number of nitrogens with zero attached hydrogens (tertiary/aromatic N) is 2. The number of carbonyl (C=O) groups excluding carboxylic acids is 1. The van der Waals surface area contributed by atoms with Gasteiger partial charge in [-0.15, -0.1) is 11.3 Å². The van der Waals surface area contributed by atoms with Gasteiger partial charge in [0.2, 0.25) is 5.91 Å². The maximum atomic E-state index is 11.9. The van der Waals surface area contributed by atoms with Gasteiger partial charge in [0, 0.05) is 5.69 Å². The summed E-state index contributed by atoms with van der Waals surface area (Å²) < 4.78 is 2.01. The molecule has 0 aliphatic heterocycles. The van der Waals surface area contributed by atoms with Gasteiger partial charge in [0.1, 0.15) is 0 Å². The van der Waals surface area contributed by atoms with E-state index in [-0.39, 0.29) is 5.91 Å². The van der Waals surface area contributed by atoms with E-state index in [2.05, 4.69) is 10.3 Å². The van der Waals surface area contributed by atoms with Gasteiger partial charge in [-0.05, 0) is 36.4 Å². The lowest BCUT2D eigenvalue weighted by atomic mass is 10.2. The second kappa shape index (κ2) is 6.60. The van der Waals surface area contributed by atoms with Gasteiger partial charge in [-0.3, -0.25) is 4.79 Å². The number of aromatic nitrogens is 1. The Labute approximate surface area is 135 Å². The summed E-state index contributed by atoms with van der Waals surface area (Å²) in [6.45, 7) is 0. The second-order valence-corrected chi connectivity index (χ2v) is 6.73. The highest BCUT2D eigenvalue weighted by atomic mass is 32.2. The Morgan fingerprint density at radius 2 is 2.00 bits per heavy atom. The fraction of sp³-hybridized carbons (Fsp3) is 0.0625. The number of hydrogen-bond acceptors (Lipinski definition) is 5. The van der Waals surface area contributed by atoms with Crippen molar-refractivity contribution in [3.63, 3.8) is 0 Å². The molecule has 1 aromatic heterocycles. The fourth-order valence-electron chi connectivity index (χ4n) is 1.87. The molecule has 0 aliphatic carbocycles. The summed E-state index contributed by atoms with van der Waals surface area (Å²) in [6.07, 6.45) is 0. The minimum atomic E-state index is -0.0889. The van der Waals surface area contributed by atoms with Crippen LogP contribution in [0.15, 0.2) is 52.9 Å². The summed E-state index contributed by atoms with van der Waals surface area (Å²) in [7, 11) is 0. The number of rotatable bonds is 4. The molecule has 108 valence electrons. The number of amides is 1. The molecule has 3 rings (SSSR count). The third kappa shape index (κ3) is 3.45. The van der Waals surface area contributed by atoms with Crippen LogP contribution >= 0.6 is 23.1 Å². The van der Waals surface area contributed by atoms with E-state index in [1.807, 2.05) is 30.3 Å². The van der Waals surface area contributed by atoms with Crippen molar-refractivity contribution in [1.29, 1.82) is 5.26 Å². The van der Waals surface area contributed by atoms with Crippen molar-refractivity contribution in [2.45, 2.75) is 4.34 Å². The van der Waals surface area contributed by atoms with Crippen LogP contribution in [0.25, 0.3) is 10.2 Å². The fourth-order valence-corrected chi connectivity index (χ4v) is 3.73. The molecular weight excluding hydrogens is 314 g/mol. The summed E-state index contributed by atoms with van der Waals surface area (Å²) in [5.74, 6) is 0.216. The van der Waals surface area contributed by atoms with Crippen LogP contribution in [0.5, 0.6) is 0 Å². The molecule has 4 nitrogen and oxygen atoms in total. The lowest BCUT2D eigenvalue weighted by Gasteiger charge is -2.03. The number of thioether (sulfide) groups is 1. The Hall–Kier alpha value is -2.36. The van der Waals surface area contributed by atoms with E-state index in [1.54, 1.807) is 35.6 Å². The van der Waals surface area contributed by atoms with Crippen molar-refractivity contribution in [1.82, 2.24) is 4.98 Å². The van der Waals surface area contributed by atoms with Gasteiger partial charge in [0.25, 0.3) is 0 Å². The molecule has 0 unspecified atom stereocenters. The Bertz CT molecular complexity index is 817. The van der Waals surface area contributed by atoms with E-state index in [4.69, 9.17) is 5.26 Å². The Morgan fingerprint density at radius 1 is 1.23 bits per heavy atom. The number of para-hydroxylation sites is 1. The first kappa shape index (κ1) is 14.6. The van der Waals surface area contributed by atoms with Crippen molar-refractivity contribution >= 4 is 44.9 Å². The molecule has 1 amide bonds. The van der Waals surface area contributed by atoms with E-state index >= 15 is 0 Å². The number of fused-ring (bicyclic) bond motifs is 1. The van der Waals surface area contributed by atoms with Crippen LogP contribution in [0.3, 0.4) is 0 Å². The van der Waals surface area contributed by atoms with Crippen molar-refractivity contribution < 1.29 is 4.79 Å². The van der Waals surface area contributed by atoms with E-state index < -0.39 is 0 Å². The first-order valence-electron chi connectivity index (χ1n) is 6.53. The summed E-state index contributed by atoms with van der Waals surface area (Å²) in [5, 5.41) is 11.5. The van der Waals surface area contributed by atoms with Gasteiger partial charge in [-0.2, -0.15) is 5.26 Å². The molecule has 0 saturated heterocycles. The molecule has 1 heterocycles. The normalized spacial score (nSPS) is 10.3. The third-order valence-corrected chi connectivity index (χ3v) is 5.08. The smallest absolute Gasteiger partial charge is 0.234 e.